The van der Waals surface area contributed by atoms with Crippen molar-refractivity contribution in [1.82, 2.24) is 10.6 Å². The number of benzene rings is 3. The van der Waals surface area contributed by atoms with Gasteiger partial charge < -0.3 is 15.4 Å². The predicted molar refractivity (Wildman–Crippen MR) is 135 cm³/mol. The molecule has 0 saturated heterocycles. The molecule has 0 aromatic heterocycles. The lowest BCUT2D eigenvalue weighted by molar-refractivity contribution is 0.0948. The van der Waals surface area contributed by atoms with Crippen LogP contribution in [-0.2, 0) is 6.54 Å². The van der Waals surface area contributed by atoms with Crippen LogP contribution in [0.15, 0.2) is 78.9 Å². The molecule has 0 aliphatic heterocycles. The Morgan fingerprint density at radius 2 is 1.61 bits per heavy atom. The van der Waals surface area contributed by atoms with Gasteiger partial charge >= 0.3 is 0 Å². The summed E-state index contributed by atoms with van der Waals surface area (Å²) < 4.78 is 5.77. The Labute approximate surface area is 199 Å². The van der Waals surface area contributed by atoms with Gasteiger partial charge in [0.1, 0.15) is 5.75 Å². The van der Waals surface area contributed by atoms with Gasteiger partial charge in [-0.25, -0.2) is 0 Å². The van der Waals surface area contributed by atoms with Gasteiger partial charge in [0.15, 0.2) is 5.11 Å². The van der Waals surface area contributed by atoms with Crippen molar-refractivity contribution >= 4 is 34.8 Å². The lowest BCUT2D eigenvalue weighted by Crippen LogP contribution is -2.34. The average Bonchev–Trinajstić information content (AvgIpc) is 2.83. The first-order chi connectivity index (χ1) is 15.9. The number of ether oxygens (including phenoxy) is 1. The molecule has 1 atom stereocenters. The summed E-state index contributed by atoms with van der Waals surface area (Å²) in [4.78, 5) is 25.1. The monoisotopic (exact) mass is 461 g/mol. The second-order valence-corrected chi connectivity index (χ2v) is 7.93. The summed E-state index contributed by atoms with van der Waals surface area (Å²) in [6.07, 6.45) is 0.927. The number of rotatable bonds is 8. The van der Waals surface area contributed by atoms with Gasteiger partial charge in [-0.1, -0.05) is 49.4 Å². The standard InChI is InChI=1S/C26H27N3O3S/c1-3-18(2)32-23-14-8-12-21(16-23)25(31)29-26(33)28-22-13-7-11-20(15-22)24(30)27-17-19-9-5-4-6-10-19/h4-16,18H,3,17H2,1-2H3,(H,27,30)(H2,28,29,31,33). The van der Waals surface area contributed by atoms with Crippen molar-refractivity contribution < 1.29 is 14.3 Å². The van der Waals surface area contributed by atoms with E-state index in [-0.39, 0.29) is 23.0 Å². The second-order valence-electron chi connectivity index (χ2n) is 7.52. The molecule has 0 radical (unpaired) electrons. The van der Waals surface area contributed by atoms with Gasteiger partial charge in [-0.15, -0.1) is 0 Å². The van der Waals surface area contributed by atoms with E-state index in [9.17, 15) is 9.59 Å². The van der Waals surface area contributed by atoms with Gasteiger partial charge in [-0.05, 0) is 67.5 Å². The number of hydrogen-bond donors (Lipinski definition) is 3. The molecule has 0 saturated carbocycles. The zero-order chi connectivity index (χ0) is 23.6. The van der Waals surface area contributed by atoms with Gasteiger partial charge in [-0.3, -0.25) is 14.9 Å². The van der Waals surface area contributed by atoms with Crippen molar-refractivity contribution in [2.45, 2.75) is 32.9 Å². The Bertz CT molecular complexity index is 1120. The molecule has 3 N–H and O–H groups in total. The summed E-state index contributed by atoms with van der Waals surface area (Å²) in [5.41, 5.74) is 2.54. The molecule has 33 heavy (non-hydrogen) atoms. The van der Waals surface area contributed by atoms with Gasteiger partial charge in [0.25, 0.3) is 11.8 Å². The molecular formula is C26H27N3O3S. The van der Waals surface area contributed by atoms with Gasteiger partial charge in [0.05, 0.1) is 6.10 Å². The van der Waals surface area contributed by atoms with Crippen LogP contribution >= 0.6 is 12.2 Å². The maximum absolute atomic E-state index is 12.6. The number of nitrogens with one attached hydrogen (secondary N) is 3. The first-order valence-electron chi connectivity index (χ1n) is 10.8. The fourth-order valence-corrected chi connectivity index (χ4v) is 3.19. The predicted octanol–water partition coefficient (Wildman–Crippen LogP) is 4.92. The zero-order valence-corrected chi connectivity index (χ0v) is 19.4. The molecular weight excluding hydrogens is 434 g/mol. The summed E-state index contributed by atoms with van der Waals surface area (Å²) in [6.45, 7) is 4.45. The number of amides is 2. The molecule has 1 unspecified atom stereocenters. The first-order valence-corrected chi connectivity index (χ1v) is 11.2. The number of thiocarbonyl (C=S) groups is 1. The minimum atomic E-state index is -0.348. The van der Waals surface area contributed by atoms with Crippen LogP contribution in [0.25, 0.3) is 0 Å². The minimum Gasteiger partial charge on any atom is -0.491 e. The molecule has 0 aliphatic carbocycles. The van der Waals surface area contributed by atoms with E-state index in [0.717, 1.165) is 12.0 Å². The van der Waals surface area contributed by atoms with E-state index in [1.54, 1.807) is 42.5 Å². The topological polar surface area (TPSA) is 79.5 Å². The van der Waals surface area contributed by atoms with E-state index in [2.05, 4.69) is 16.0 Å². The van der Waals surface area contributed by atoms with E-state index in [0.29, 0.717) is 29.1 Å². The highest BCUT2D eigenvalue weighted by Gasteiger charge is 2.11. The van der Waals surface area contributed by atoms with Crippen LogP contribution in [0.5, 0.6) is 5.75 Å². The van der Waals surface area contributed by atoms with Crippen molar-refractivity contribution in [3.05, 3.63) is 95.6 Å². The molecule has 0 bridgehead atoms. The van der Waals surface area contributed by atoms with Crippen molar-refractivity contribution in [3.63, 3.8) is 0 Å². The molecule has 0 aliphatic rings. The van der Waals surface area contributed by atoms with Crippen molar-refractivity contribution in [1.29, 1.82) is 0 Å². The van der Waals surface area contributed by atoms with E-state index in [4.69, 9.17) is 17.0 Å². The Morgan fingerprint density at radius 3 is 2.33 bits per heavy atom. The van der Waals surface area contributed by atoms with Gasteiger partial charge in [0.2, 0.25) is 0 Å². The summed E-state index contributed by atoms with van der Waals surface area (Å²) in [7, 11) is 0. The fraction of sp³-hybridized carbons (Fsp3) is 0.192. The molecule has 3 aromatic carbocycles. The van der Waals surface area contributed by atoms with Gasteiger partial charge in [0, 0.05) is 23.4 Å². The van der Waals surface area contributed by atoms with Crippen LogP contribution < -0.4 is 20.7 Å². The maximum Gasteiger partial charge on any atom is 0.257 e. The van der Waals surface area contributed by atoms with E-state index in [1.165, 1.54) is 0 Å². The number of carbonyl (C=O) groups excluding carboxylic acids is 2. The highest BCUT2D eigenvalue weighted by molar-refractivity contribution is 7.80. The number of hydrogen-bond acceptors (Lipinski definition) is 4. The van der Waals surface area contributed by atoms with E-state index >= 15 is 0 Å². The molecule has 170 valence electrons. The normalized spacial score (nSPS) is 11.2. The number of carbonyl (C=O) groups is 2. The first kappa shape index (κ1) is 23.9. The lowest BCUT2D eigenvalue weighted by Gasteiger charge is -2.14. The summed E-state index contributed by atoms with van der Waals surface area (Å²) in [5, 5.41) is 8.64. The van der Waals surface area contributed by atoms with E-state index < -0.39 is 0 Å². The summed E-state index contributed by atoms with van der Waals surface area (Å²) in [6, 6.07) is 23.6. The Balaban J connectivity index is 1.56. The summed E-state index contributed by atoms with van der Waals surface area (Å²) in [5.74, 6) is 0.0829. The molecule has 0 fully saturated rings. The Kier molecular flexibility index (Phi) is 8.55. The van der Waals surface area contributed by atoms with Crippen LogP contribution in [0.3, 0.4) is 0 Å². The summed E-state index contributed by atoms with van der Waals surface area (Å²) >= 11 is 5.28. The quantitative estimate of drug-likeness (QED) is 0.415. The van der Waals surface area contributed by atoms with E-state index in [1.807, 2.05) is 50.2 Å². The highest BCUT2D eigenvalue weighted by atomic mass is 32.1. The van der Waals surface area contributed by atoms with Crippen LogP contribution in [-0.4, -0.2) is 23.0 Å². The Morgan fingerprint density at radius 1 is 0.909 bits per heavy atom. The van der Waals surface area contributed by atoms with Crippen molar-refractivity contribution in [2.24, 2.45) is 0 Å². The Hall–Kier alpha value is -3.71. The van der Waals surface area contributed by atoms with Crippen molar-refractivity contribution in [2.75, 3.05) is 5.32 Å². The third kappa shape index (κ3) is 7.43. The molecule has 3 rings (SSSR count). The van der Waals surface area contributed by atoms with Crippen LogP contribution in [0.2, 0.25) is 0 Å². The molecule has 7 heteroatoms. The lowest BCUT2D eigenvalue weighted by atomic mass is 10.1. The fourth-order valence-electron chi connectivity index (χ4n) is 2.98. The van der Waals surface area contributed by atoms with Crippen molar-refractivity contribution in [3.8, 4) is 5.75 Å². The molecule has 2 amide bonds. The smallest absolute Gasteiger partial charge is 0.257 e. The molecule has 6 nitrogen and oxygen atoms in total. The van der Waals surface area contributed by atoms with Gasteiger partial charge in [-0.2, -0.15) is 0 Å². The average molecular weight is 462 g/mol. The maximum atomic E-state index is 12.6. The minimum absolute atomic E-state index is 0.0585. The second kappa shape index (κ2) is 11.8. The van der Waals surface area contributed by atoms with Crippen LogP contribution in [0.4, 0.5) is 5.69 Å². The highest BCUT2D eigenvalue weighted by Crippen LogP contribution is 2.16. The zero-order valence-electron chi connectivity index (χ0n) is 18.6. The largest absolute Gasteiger partial charge is 0.491 e. The van der Waals surface area contributed by atoms with Crippen LogP contribution in [0, 0.1) is 0 Å². The van der Waals surface area contributed by atoms with Crippen LogP contribution in [0.1, 0.15) is 46.5 Å². The number of anilines is 1. The molecule has 0 heterocycles. The third-order valence-electron chi connectivity index (χ3n) is 4.91. The third-order valence-corrected chi connectivity index (χ3v) is 5.12. The molecule has 0 spiro atoms. The SMILES string of the molecule is CCC(C)Oc1cccc(C(=O)NC(=S)Nc2cccc(C(=O)NCc3ccccc3)c2)c1. The molecule has 3 aromatic rings.